The van der Waals surface area contributed by atoms with Crippen molar-refractivity contribution in [1.29, 1.82) is 0 Å². The molecule has 0 spiro atoms. The molecule has 2 aromatic heterocycles. The second-order valence-corrected chi connectivity index (χ2v) is 11.7. The number of pyridine rings is 1. The number of benzene rings is 2. The van der Waals surface area contributed by atoms with Gasteiger partial charge in [0.05, 0.1) is 22.7 Å². The molecule has 218 valence electrons. The molecular formula is C28H31Cl3N6O2S2. The molecule has 1 N–H and O–H groups in total. The minimum absolute atomic E-state index is 0. The zero-order valence-electron chi connectivity index (χ0n) is 22.5. The number of hydrogen-bond acceptors (Lipinski definition) is 9. The summed E-state index contributed by atoms with van der Waals surface area (Å²) in [4.78, 5) is 27.4. The molecule has 0 radical (unpaired) electrons. The van der Waals surface area contributed by atoms with Gasteiger partial charge in [-0.1, -0.05) is 53.7 Å². The largest absolute Gasteiger partial charge is 0.456 e. The van der Waals surface area contributed by atoms with Crippen LogP contribution >= 0.6 is 59.7 Å². The third-order valence-electron chi connectivity index (χ3n) is 6.19. The van der Waals surface area contributed by atoms with E-state index in [1.165, 1.54) is 23.3 Å². The Morgan fingerprint density at radius 3 is 2.49 bits per heavy atom. The third-order valence-corrected chi connectivity index (χ3v) is 8.39. The zero-order chi connectivity index (χ0) is 27.2. The fraction of sp³-hybridized carbons (Fsp3) is 0.286. The van der Waals surface area contributed by atoms with E-state index in [1.54, 1.807) is 6.20 Å². The fourth-order valence-corrected chi connectivity index (χ4v) is 6.06. The number of carbonyl (C=O) groups excluding carboxylic acids is 1. The van der Waals surface area contributed by atoms with Crippen LogP contribution in [0.5, 0.6) is 11.5 Å². The summed E-state index contributed by atoms with van der Waals surface area (Å²) in [6, 6.07) is 19.2. The van der Waals surface area contributed by atoms with Gasteiger partial charge in [-0.15, -0.1) is 24.8 Å². The first kappa shape index (κ1) is 32.9. The molecule has 41 heavy (non-hydrogen) atoms. The quantitative estimate of drug-likeness (QED) is 0.200. The van der Waals surface area contributed by atoms with E-state index in [0.717, 1.165) is 47.3 Å². The van der Waals surface area contributed by atoms with E-state index in [2.05, 4.69) is 14.7 Å². The molecular weight excluding hydrogens is 623 g/mol. The van der Waals surface area contributed by atoms with Crippen LogP contribution in [0.2, 0.25) is 5.02 Å². The van der Waals surface area contributed by atoms with Crippen molar-refractivity contribution < 1.29 is 9.53 Å². The maximum atomic E-state index is 12.4. The van der Waals surface area contributed by atoms with Gasteiger partial charge >= 0.3 is 0 Å². The molecule has 5 rings (SSSR count). The number of nitrogens with one attached hydrogen (secondary N) is 1. The molecule has 4 aromatic rings. The molecule has 1 aliphatic rings. The van der Waals surface area contributed by atoms with Gasteiger partial charge in [0.2, 0.25) is 11.0 Å². The van der Waals surface area contributed by atoms with Crippen molar-refractivity contribution >= 4 is 76.6 Å². The van der Waals surface area contributed by atoms with Gasteiger partial charge in [0.15, 0.2) is 0 Å². The summed E-state index contributed by atoms with van der Waals surface area (Å²) >= 11 is 9.28. The molecule has 13 heteroatoms. The number of rotatable bonds is 9. The van der Waals surface area contributed by atoms with E-state index in [1.807, 2.05) is 84.6 Å². The van der Waals surface area contributed by atoms with E-state index < -0.39 is 0 Å². The Bertz CT molecular complexity index is 1420. The summed E-state index contributed by atoms with van der Waals surface area (Å²) < 4.78 is 10.7. The van der Waals surface area contributed by atoms with Crippen molar-refractivity contribution in [2.45, 2.75) is 28.6 Å². The van der Waals surface area contributed by atoms with Crippen LogP contribution in [0.25, 0.3) is 0 Å². The summed E-state index contributed by atoms with van der Waals surface area (Å²) in [5.74, 6) is 3.21. The minimum Gasteiger partial charge on any atom is -0.456 e. The van der Waals surface area contributed by atoms with Gasteiger partial charge in [0.1, 0.15) is 23.1 Å². The highest BCUT2D eigenvalue weighted by Gasteiger charge is 2.26. The Balaban J connectivity index is 0.00000231. The number of piperidine rings is 1. The molecule has 3 heterocycles. The summed E-state index contributed by atoms with van der Waals surface area (Å²) in [6.07, 6.45) is 3.40. The molecule has 1 fully saturated rings. The molecule has 0 atom stereocenters. The van der Waals surface area contributed by atoms with Crippen molar-refractivity contribution in [1.82, 2.24) is 24.1 Å². The monoisotopic (exact) mass is 652 g/mol. The number of anilines is 2. The lowest BCUT2D eigenvalue weighted by Gasteiger charge is -2.31. The minimum atomic E-state index is 0. The predicted molar refractivity (Wildman–Crippen MR) is 171 cm³/mol. The molecule has 2 aromatic carbocycles. The van der Waals surface area contributed by atoms with Crippen LogP contribution < -0.4 is 10.1 Å². The Labute approximate surface area is 265 Å². The first-order valence-corrected chi connectivity index (χ1v) is 14.6. The number of ether oxygens (including phenoxy) is 1. The first-order valence-electron chi connectivity index (χ1n) is 12.6. The highest BCUT2D eigenvalue weighted by Crippen LogP contribution is 2.40. The number of para-hydroxylation sites is 1. The number of likely N-dealkylation sites (N-methyl/N-ethyl adjacent to an activating group) is 1. The molecule has 0 unspecified atom stereocenters. The Morgan fingerprint density at radius 1 is 1.07 bits per heavy atom. The number of likely N-dealkylation sites (tertiary alicyclic amines) is 1. The van der Waals surface area contributed by atoms with Gasteiger partial charge in [-0.2, -0.15) is 4.37 Å². The second kappa shape index (κ2) is 15.6. The maximum Gasteiger partial charge on any atom is 0.236 e. The molecule has 8 nitrogen and oxygen atoms in total. The van der Waals surface area contributed by atoms with E-state index in [9.17, 15) is 4.79 Å². The van der Waals surface area contributed by atoms with Crippen molar-refractivity contribution in [3.63, 3.8) is 0 Å². The van der Waals surface area contributed by atoms with Gasteiger partial charge < -0.3 is 19.9 Å². The zero-order valence-corrected chi connectivity index (χ0v) is 26.5. The summed E-state index contributed by atoms with van der Waals surface area (Å²) in [5.41, 5.74) is 0. The summed E-state index contributed by atoms with van der Waals surface area (Å²) in [6.45, 7) is 1.88. The SMILES string of the molecule is CN(C)CC(=O)N1CCC(c2nsc(Nc3ncc(Oc4ccccc4)cc3Sc3ccccc3Cl)n2)CC1.Cl.Cl. The lowest BCUT2D eigenvalue weighted by molar-refractivity contribution is -0.132. The standard InChI is InChI=1S/C28H29ClN6O2S2.2ClH/c1-34(2)18-25(36)35-14-12-19(13-15-35)26-31-28(39-33-26)32-27-24(38-23-11-7-6-10-22(23)29)16-21(17-30-27)37-20-8-4-3-5-9-20;;/h3-11,16-17,19H,12-15,18H2,1-2H3,(H,30,31,32,33);2*1H. The molecule has 1 saturated heterocycles. The number of amides is 1. The normalized spacial score (nSPS) is 13.3. The number of halogens is 3. The van der Waals surface area contributed by atoms with E-state index >= 15 is 0 Å². The molecule has 0 bridgehead atoms. The average molecular weight is 654 g/mol. The van der Waals surface area contributed by atoms with Crippen molar-refractivity contribution in [3.05, 3.63) is 77.7 Å². The number of aromatic nitrogens is 3. The van der Waals surface area contributed by atoms with E-state index in [-0.39, 0.29) is 36.6 Å². The Hall–Kier alpha value is -2.60. The van der Waals surface area contributed by atoms with Gasteiger partial charge in [-0.25, -0.2) is 9.97 Å². The number of nitrogens with zero attached hydrogens (tertiary/aromatic N) is 5. The lowest BCUT2D eigenvalue weighted by Crippen LogP contribution is -2.42. The van der Waals surface area contributed by atoms with Crippen molar-refractivity contribution in [2.75, 3.05) is 39.0 Å². The lowest BCUT2D eigenvalue weighted by atomic mass is 9.96. The van der Waals surface area contributed by atoms with Gasteiger partial charge in [0.25, 0.3) is 0 Å². The highest BCUT2D eigenvalue weighted by atomic mass is 35.5. The van der Waals surface area contributed by atoms with Gasteiger partial charge in [-0.05, 0) is 51.2 Å². The van der Waals surface area contributed by atoms with Gasteiger partial charge in [-0.3, -0.25) is 4.79 Å². The smallest absolute Gasteiger partial charge is 0.236 e. The van der Waals surface area contributed by atoms with Crippen LogP contribution in [0.1, 0.15) is 24.6 Å². The second-order valence-electron chi connectivity index (χ2n) is 9.44. The van der Waals surface area contributed by atoms with E-state index in [0.29, 0.717) is 28.3 Å². The molecule has 0 aliphatic carbocycles. The third kappa shape index (κ3) is 8.94. The van der Waals surface area contributed by atoms with Crippen molar-refractivity contribution in [3.8, 4) is 11.5 Å². The van der Waals surface area contributed by atoms with E-state index in [4.69, 9.17) is 21.3 Å². The summed E-state index contributed by atoms with van der Waals surface area (Å²) in [5, 5.41) is 4.69. The van der Waals surface area contributed by atoms with Gasteiger partial charge in [0, 0.05) is 41.5 Å². The topological polar surface area (TPSA) is 83.5 Å². The maximum absolute atomic E-state index is 12.4. The highest BCUT2D eigenvalue weighted by molar-refractivity contribution is 7.99. The van der Waals surface area contributed by atoms with Crippen molar-refractivity contribution in [2.24, 2.45) is 0 Å². The van der Waals surface area contributed by atoms with Crippen LogP contribution in [0.3, 0.4) is 0 Å². The average Bonchev–Trinajstić information content (AvgIpc) is 3.40. The van der Waals surface area contributed by atoms with Crippen LogP contribution in [0.15, 0.2) is 76.7 Å². The Kier molecular flexibility index (Phi) is 12.5. The van der Waals surface area contributed by atoms with Crippen LogP contribution in [-0.4, -0.2) is 63.8 Å². The molecule has 1 aliphatic heterocycles. The summed E-state index contributed by atoms with van der Waals surface area (Å²) in [7, 11) is 3.82. The Morgan fingerprint density at radius 2 is 1.78 bits per heavy atom. The van der Waals surface area contributed by atoms with Crippen LogP contribution in [0.4, 0.5) is 10.9 Å². The first-order chi connectivity index (χ1) is 18.9. The number of carbonyl (C=O) groups is 1. The predicted octanol–water partition coefficient (Wildman–Crippen LogP) is 7.38. The fourth-order valence-electron chi connectivity index (χ4n) is 4.24. The molecule has 0 saturated carbocycles. The number of hydrogen-bond donors (Lipinski definition) is 1. The van der Waals surface area contributed by atoms with Crippen LogP contribution in [-0.2, 0) is 4.79 Å². The van der Waals surface area contributed by atoms with Crippen LogP contribution in [0, 0.1) is 0 Å². The molecule has 1 amide bonds.